The van der Waals surface area contributed by atoms with Gasteiger partial charge in [-0.2, -0.15) is 0 Å². The van der Waals surface area contributed by atoms with Crippen molar-refractivity contribution in [3.8, 4) is 0 Å². The monoisotopic (exact) mass is 195 g/mol. The van der Waals surface area contributed by atoms with E-state index in [0.717, 1.165) is 29.8 Å². The first-order valence-electron chi connectivity index (χ1n) is 6.35. The first-order chi connectivity index (χ1) is 6.59. The van der Waals surface area contributed by atoms with Crippen LogP contribution in [0.5, 0.6) is 0 Å². The summed E-state index contributed by atoms with van der Waals surface area (Å²) in [6.07, 6.45) is 4.43. The average molecular weight is 195 g/mol. The Morgan fingerprint density at radius 1 is 1.07 bits per heavy atom. The van der Waals surface area contributed by atoms with Gasteiger partial charge in [0.05, 0.1) is 0 Å². The lowest BCUT2D eigenvalue weighted by molar-refractivity contribution is -0.0287. The number of hydrogen-bond acceptors (Lipinski definition) is 1. The molecule has 1 heteroatoms. The van der Waals surface area contributed by atoms with Crippen LogP contribution in [0.3, 0.4) is 0 Å². The molecule has 1 aliphatic carbocycles. The third-order valence-electron chi connectivity index (χ3n) is 4.45. The van der Waals surface area contributed by atoms with E-state index >= 15 is 0 Å². The second-order valence-electron chi connectivity index (χ2n) is 5.93. The molecule has 0 unspecified atom stereocenters. The molecule has 2 saturated heterocycles. The Labute approximate surface area is 88.9 Å². The predicted octanol–water partition coefficient (Wildman–Crippen LogP) is 3.15. The second-order valence-corrected chi connectivity index (χ2v) is 5.93. The minimum atomic E-state index is 0.760. The lowest BCUT2D eigenvalue weighted by Gasteiger charge is -2.52. The molecule has 3 aliphatic rings. The van der Waals surface area contributed by atoms with E-state index in [1.54, 1.807) is 0 Å². The predicted molar refractivity (Wildman–Crippen MR) is 61.3 cm³/mol. The molecule has 0 aromatic heterocycles. The van der Waals surface area contributed by atoms with Crippen LogP contribution in [-0.4, -0.2) is 23.5 Å². The van der Waals surface area contributed by atoms with Crippen molar-refractivity contribution >= 4 is 0 Å². The molecule has 3 rings (SSSR count). The van der Waals surface area contributed by atoms with E-state index in [1.807, 2.05) is 0 Å². The average Bonchev–Trinajstić information content (AvgIpc) is 2.18. The van der Waals surface area contributed by atoms with Gasteiger partial charge in [0, 0.05) is 18.6 Å². The van der Waals surface area contributed by atoms with E-state index in [1.165, 1.54) is 25.8 Å². The quantitative estimate of drug-likeness (QED) is 0.654. The fourth-order valence-corrected chi connectivity index (χ4v) is 3.64. The molecule has 2 aliphatic heterocycles. The Balaban J connectivity index is 2.05. The van der Waals surface area contributed by atoms with E-state index in [9.17, 15) is 0 Å². The number of nitrogens with zero attached hydrogens (tertiary/aromatic N) is 1. The fourth-order valence-electron chi connectivity index (χ4n) is 3.64. The van der Waals surface area contributed by atoms with Crippen LogP contribution < -0.4 is 0 Å². The summed E-state index contributed by atoms with van der Waals surface area (Å²) in [5.41, 5.74) is 0. The highest BCUT2D eigenvalue weighted by Gasteiger charge is 2.41. The molecule has 0 N–H and O–H groups in total. The maximum atomic E-state index is 2.74. The molecule has 82 valence electrons. The fraction of sp³-hybridized carbons (Fsp3) is 1.00. The van der Waals surface area contributed by atoms with Crippen molar-refractivity contribution in [3.05, 3.63) is 0 Å². The van der Waals surface area contributed by atoms with Gasteiger partial charge < -0.3 is 0 Å². The van der Waals surface area contributed by atoms with Gasteiger partial charge in [-0.3, -0.25) is 4.90 Å². The summed E-state index contributed by atoms with van der Waals surface area (Å²) >= 11 is 0. The first kappa shape index (κ1) is 10.5. The Morgan fingerprint density at radius 2 is 1.79 bits per heavy atom. The van der Waals surface area contributed by atoms with Crippen LogP contribution in [0, 0.1) is 17.8 Å². The highest BCUT2D eigenvalue weighted by Crippen LogP contribution is 2.43. The lowest BCUT2D eigenvalue weighted by atomic mass is 9.67. The van der Waals surface area contributed by atoms with Crippen molar-refractivity contribution in [2.75, 3.05) is 6.54 Å². The molecule has 0 aromatic carbocycles. The molecule has 3 fully saturated rings. The van der Waals surface area contributed by atoms with E-state index in [-0.39, 0.29) is 0 Å². The third-order valence-corrected chi connectivity index (χ3v) is 4.45. The van der Waals surface area contributed by atoms with Gasteiger partial charge in [0.15, 0.2) is 0 Å². The molecule has 0 radical (unpaired) electrons. The standard InChI is InChI=1S/C13H25N/c1-9(2)13-7-12-6-5-11(13)8-14(12)10(3)4/h9-13H,5-8H2,1-4H3/t11-,12-,13+/m0/s1. The van der Waals surface area contributed by atoms with Gasteiger partial charge in [-0.05, 0) is 50.9 Å². The molecular weight excluding hydrogens is 170 g/mol. The zero-order valence-electron chi connectivity index (χ0n) is 10.2. The largest absolute Gasteiger partial charge is 0.298 e. The van der Waals surface area contributed by atoms with Gasteiger partial charge in [-0.15, -0.1) is 0 Å². The molecule has 2 bridgehead atoms. The maximum Gasteiger partial charge on any atom is 0.0101 e. The van der Waals surface area contributed by atoms with Gasteiger partial charge in [-0.25, -0.2) is 0 Å². The molecule has 0 aromatic rings. The van der Waals surface area contributed by atoms with Crippen molar-refractivity contribution in [1.29, 1.82) is 0 Å². The normalized spacial score (nSPS) is 38.6. The summed E-state index contributed by atoms with van der Waals surface area (Å²) in [6.45, 7) is 10.9. The van der Waals surface area contributed by atoms with Crippen LogP contribution in [0.25, 0.3) is 0 Å². The number of rotatable bonds is 2. The molecular formula is C13H25N. The number of fused-ring (bicyclic) bond motifs is 3. The Bertz CT molecular complexity index is 175. The van der Waals surface area contributed by atoms with Gasteiger partial charge in [-0.1, -0.05) is 13.8 Å². The van der Waals surface area contributed by atoms with Gasteiger partial charge in [0.1, 0.15) is 0 Å². The molecule has 0 spiro atoms. The van der Waals surface area contributed by atoms with Gasteiger partial charge in [0.25, 0.3) is 0 Å². The maximum absolute atomic E-state index is 2.74. The number of piperidine rings is 2. The van der Waals surface area contributed by atoms with Crippen LogP contribution in [0.4, 0.5) is 0 Å². The lowest BCUT2D eigenvalue weighted by Crippen LogP contribution is -2.55. The van der Waals surface area contributed by atoms with Crippen LogP contribution in [0.15, 0.2) is 0 Å². The van der Waals surface area contributed by atoms with E-state index in [2.05, 4.69) is 32.6 Å². The molecule has 2 heterocycles. The second kappa shape index (κ2) is 3.84. The minimum absolute atomic E-state index is 0.760. The highest BCUT2D eigenvalue weighted by molar-refractivity contribution is 4.94. The molecule has 3 atom stereocenters. The zero-order valence-corrected chi connectivity index (χ0v) is 10.2. The summed E-state index contributed by atoms with van der Waals surface area (Å²) < 4.78 is 0. The summed E-state index contributed by atoms with van der Waals surface area (Å²) in [6, 6.07) is 1.67. The van der Waals surface area contributed by atoms with Crippen LogP contribution in [0.1, 0.15) is 47.0 Å². The van der Waals surface area contributed by atoms with Crippen molar-refractivity contribution in [2.45, 2.75) is 59.0 Å². The Kier molecular flexibility index (Phi) is 2.88. The SMILES string of the molecule is CC(C)[C@H]1C[C@@H]2CC[C@H]1CN2C(C)C. The van der Waals surface area contributed by atoms with E-state index in [0.29, 0.717) is 0 Å². The van der Waals surface area contributed by atoms with Crippen LogP contribution in [0.2, 0.25) is 0 Å². The Hall–Kier alpha value is -0.0400. The van der Waals surface area contributed by atoms with Gasteiger partial charge >= 0.3 is 0 Å². The molecule has 14 heavy (non-hydrogen) atoms. The summed E-state index contributed by atoms with van der Waals surface area (Å²) in [5, 5.41) is 0. The topological polar surface area (TPSA) is 3.24 Å². The summed E-state index contributed by atoms with van der Waals surface area (Å²) in [4.78, 5) is 2.74. The molecule has 0 amide bonds. The zero-order chi connectivity index (χ0) is 10.3. The molecule has 1 saturated carbocycles. The van der Waals surface area contributed by atoms with Crippen molar-refractivity contribution in [3.63, 3.8) is 0 Å². The Morgan fingerprint density at radius 3 is 2.21 bits per heavy atom. The van der Waals surface area contributed by atoms with Crippen molar-refractivity contribution < 1.29 is 0 Å². The smallest absolute Gasteiger partial charge is 0.0101 e. The number of hydrogen-bond donors (Lipinski definition) is 0. The van der Waals surface area contributed by atoms with Crippen molar-refractivity contribution in [2.24, 2.45) is 17.8 Å². The summed E-state index contributed by atoms with van der Waals surface area (Å²) in [5.74, 6) is 2.92. The van der Waals surface area contributed by atoms with E-state index in [4.69, 9.17) is 0 Å². The first-order valence-corrected chi connectivity index (χ1v) is 6.35. The van der Waals surface area contributed by atoms with E-state index < -0.39 is 0 Å². The minimum Gasteiger partial charge on any atom is -0.298 e. The summed E-state index contributed by atoms with van der Waals surface area (Å²) in [7, 11) is 0. The highest BCUT2D eigenvalue weighted by atomic mass is 15.2. The third kappa shape index (κ3) is 1.71. The van der Waals surface area contributed by atoms with Gasteiger partial charge in [0.2, 0.25) is 0 Å². The molecule has 1 nitrogen and oxygen atoms in total. The van der Waals surface area contributed by atoms with Crippen molar-refractivity contribution in [1.82, 2.24) is 4.90 Å². The van der Waals surface area contributed by atoms with Crippen LogP contribution >= 0.6 is 0 Å². The van der Waals surface area contributed by atoms with Crippen LogP contribution in [-0.2, 0) is 0 Å².